The van der Waals surface area contributed by atoms with E-state index in [1.54, 1.807) is 0 Å². The van der Waals surface area contributed by atoms with Crippen LogP contribution >= 0.6 is 0 Å². The van der Waals surface area contributed by atoms with Gasteiger partial charge in [0.15, 0.2) is 5.58 Å². The number of nitrogens with zero attached hydrogens (tertiary/aromatic N) is 2. The molecule has 3 heteroatoms. The standard InChI is InChI=1S/C12H12N2O/c1-3-4-9-14(2)12-13-10-7-5-6-8-11(10)15-12/h5-8H,9H2,1-2H3. The zero-order chi connectivity index (χ0) is 10.7. The molecule has 15 heavy (non-hydrogen) atoms. The first kappa shape index (κ1) is 9.60. The Kier molecular flexibility index (Phi) is 2.59. The van der Waals surface area contributed by atoms with E-state index in [4.69, 9.17) is 4.42 Å². The Hall–Kier alpha value is -1.95. The molecular formula is C12H12N2O. The maximum absolute atomic E-state index is 5.57. The maximum atomic E-state index is 5.57. The minimum atomic E-state index is 0.610. The second-order valence-corrected chi connectivity index (χ2v) is 3.25. The molecule has 0 fully saturated rings. The third-order valence-electron chi connectivity index (χ3n) is 2.10. The van der Waals surface area contributed by atoms with Crippen LogP contribution in [0.5, 0.6) is 0 Å². The van der Waals surface area contributed by atoms with Gasteiger partial charge in [-0.25, -0.2) is 0 Å². The molecule has 1 aromatic carbocycles. The second kappa shape index (κ2) is 4.05. The average molecular weight is 200 g/mol. The normalized spacial score (nSPS) is 9.73. The molecule has 2 aromatic rings. The molecule has 0 radical (unpaired) electrons. The van der Waals surface area contributed by atoms with E-state index in [-0.39, 0.29) is 0 Å². The van der Waals surface area contributed by atoms with Gasteiger partial charge in [-0.2, -0.15) is 4.98 Å². The Morgan fingerprint density at radius 1 is 1.40 bits per heavy atom. The highest BCUT2D eigenvalue weighted by atomic mass is 16.4. The third-order valence-corrected chi connectivity index (χ3v) is 2.10. The lowest BCUT2D eigenvalue weighted by molar-refractivity contribution is 0.592. The van der Waals surface area contributed by atoms with E-state index in [0.29, 0.717) is 12.6 Å². The fraction of sp³-hybridized carbons (Fsp3) is 0.250. The van der Waals surface area contributed by atoms with Gasteiger partial charge in [0.1, 0.15) is 5.52 Å². The molecule has 0 unspecified atom stereocenters. The lowest BCUT2D eigenvalue weighted by Crippen LogP contribution is -2.17. The number of anilines is 1. The summed E-state index contributed by atoms with van der Waals surface area (Å²) in [6.45, 7) is 2.45. The van der Waals surface area contributed by atoms with Crippen LogP contribution in [0.4, 0.5) is 6.01 Å². The molecule has 0 amide bonds. The van der Waals surface area contributed by atoms with Gasteiger partial charge in [-0.1, -0.05) is 18.1 Å². The molecule has 1 aromatic heterocycles. The zero-order valence-corrected chi connectivity index (χ0v) is 8.82. The molecular weight excluding hydrogens is 188 g/mol. The number of para-hydroxylation sites is 2. The first-order valence-corrected chi connectivity index (χ1v) is 4.77. The summed E-state index contributed by atoms with van der Waals surface area (Å²) in [6, 6.07) is 8.33. The molecule has 1 heterocycles. The number of fused-ring (bicyclic) bond motifs is 1. The Morgan fingerprint density at radius 3 is 2.93 bits per heavy atom. The van der Waals surface area contributed by atoms with E-state index >= 15 is 0 Å². The molecule has 3 nitrogen and oxygen atoms in total. The van der Waals surface area contributed by atoms with E-state index < -0.39 is 0 Å². The van der Waals surface area contributed by atoms with Crippen LogP contribution in [0.15, 0.2) is 28.7 Å². The average Bonchev–Trinajstić information content (AvgIpc) is 2.69. The van der Waals surface area contributed by atoms with E-state index in [1.165, 1.54) is 0 Å². The molecule has 0 spiro atoms. The smallest absolute Gasteiger partial charge is 0.298 e. The SMILES string of the molecule is CC#CCN(C)c1nc2ccccc2o1. The van der Waals surface area contributed by atoms with Crippen molar-refractivity contribution < 1.29 is 4.42 Å². The molecule has 0 aliphatic rings. The predicted octanol–water partition coefficient (Wildman–Crippen LogP) is 2.29. The number of benzene rings is 1. The highest BCUT2D eigenvalue weighted by molar-refractivity contribution is 5.74. The van der Waals surface area contributed by atoms with Crippen molar-refractivity contribution >= 4 is 17.1 Å². The molecule has 76 valence electrons. The minimum absolute atomic E-state index is 0.610. The van der Waals surface area contributed by atoms with Crippen molar-refractivity contribution in [2.24, 2.45) is 0 Å². The second-order valence-electron chi connectivity index (χ2n) is 3.25. The molecule has 0 aliphatic carbocycles. The summed E-state index contributed by atoms with van der Waals surface area (Å²) in [4.78, 5) is 6.24. The summed E-state index contributed by atoms with van der Waals surface area (Å²) in [7, 11) is 1.91. The van der Waals surface area contributed by atoms with Crippen molar-refractivity contribution in [3.63, 3.8) is 0 Å². The van der Waals surface area contributed by atoms with Crippen LogP contribution in [-0.2, 0) is 0 Å². The van der Waals surface area contributed by atoms with E-state index in [1.807, 2.05) is 43.1 Å². The first-order chi connectivity index (χ1) is 7.31. The lowest BCUT2D eigenvalue weighted by Gasteiger charge is -2.08. The fourth-order valence-corrected chi connectivity index (χ4v) is 1.29. The van der Waals surface area contributed by atoms with Gasteiger partial charge in [-0.3, -0.25) is 0 Å². The Balaban J connectivity index is 2.30. The molecule has 0 aliphatic heterocycles. The zero-order valence-electron chi connectivity index (χ0n) is 8.82. The summed E-state index contributed by atoms with van der Waals surface area (Å²) < 4.78 is 5.57. The highest BCUT2D eigenvalue weighted by Crippen LogP contribution is 2.20. The Morgan fingerprint density at radius 2 is 2.20 bits per heavy atom. The van der Waals surface area contributed by atoms with Gasteiger partial charge in [0.2, 0.25) is 0 Å². The van der Waals surface area contributed by atoms with E-state index in [0.717, 1.165) is 11.1 Å². The van der Waals surface area contributed by atoms with Crippen LogP contribution in [0, 0.1) is 11.8 Å². The molecule has 0 atom stereocenters. The minimum Gasteiger partial charge on any atom is -0.423 e. The predicted molar refractivity (Wildman–Crippen MR) is 60.7 cm³/mol. The Labute approximate surface area is 88.7 Å². The highest BCUT2D eigenvalue weighted by Gasteiger charge is 2.07. The molecule has 0 saturated heterocycles. The van der Waals surface area contributed by atoms with Crippen LogP contribution in [0.1, 0.15) is 6.92 Å². The summed E-state index contributed by atoms with van der Waals surface area (Å²) in [5.41, 5.74) is 1.69. The lowest BCUT2D eigenvalue weighted by atomic mass is 10.3. The van der Waals surface area contributed by atoms with Gasteiger partial charge in [-0.15, -0.1) is 5.92 Å². The largest absolute Gasteiger partial charge is 0.423 e. The molecule has 2 rings (SSSR count). The van der Waals surface area contributed by atoms with Crippen molar-refractivity contribution in [3.8, 4) is 11.8 Å². The van der Waals surface area contributed by atoms with E-state index in [2.05, 4.69) is 16.8 Å². The number of oxazole rings is 1. The summed E-state index contributed by atoms with van der Waals surface area (Å²) in [5.74, 6) is 5.81. The number of rotatable bonds is 2. The van der Waals surface area contributed by atoms with Crippen molar-refractivity contribution in [3.05, 3.63) is 24.3 Å². The Bertz CT molecular complexity index is 486. The van der Waals surface area contributed by atoms with Crippen LogP contribution in [0.2, 0.25) is 0 Å². The van der Waals surface area contributed by atoms with Crippen LogP contribution < -0.4 is 4.90 Å². The quantitative estimate of drug-likeness (QED) is 0.696. The molecule has 0 bridgehead atoms. The van der Waals surface area contributed by atoms with Crippen LogP contribution in [-0.4, -0.2) is 18.6 Å². The van der Waals surface area contributed by atoms with Crippen LogP contribution in [0.3, 0.4) is 0 Å². The number of aromatic nitrogens is 1. The third kappa shape index (κ3) is 1.94. The first-order valence-electron chi connectivity index (χ1n) is 4.77. The monoisotopic (exact) mass is 200 g/mol. The van der Waals surface area contributed by atoms with Gasteiger partial charge in [-0.05, 0) is 19.1 Å². The van der Waals surface area contributed by atoms with Crippen molar-refractivity contribution in [1.82, 2.24) is 4.98 Å². The van der Waals surface area contributed by atoms with Crippen molar-refractivity contribution in [1.29, 1.82) is 0 Å². The van der Waals surface area contributed by atoms with Crippen LogP contribution in [0.25, 0.3) is 11.1 Å². The summed E-state index contributed by atoms with van der Waals surface area (Å²) >= 11 is 0. The molecule has 0 saturated carbocycles. The van der Waals surface area contributed by atoms with Gasteiger partial charge in [0, 0.05) is 7.05 Å². The number of hydrogen-bond acceptors (Lipinski definition) is 3. The summed E-state index contributed by atoms with van der Waals surface area (Å²) in [5, 5.41) is 0. The van der Waals surface area contributed by atoms with Gasteiger partial charge >= 0.3 is 0 Å². The van der Waals surface area contributed by atoms with Crippen molar-refractivity contribution in [2.45, 2.75) is 6.92 Å². The fourth-order valence-electron chi connectivity index (χ4n) is 1.29. The van der Waals surface area contributed by atoms with Gasteiger partial charge < -0.3 is 9.32 Å². The van der Waals surface area contributed by atoms with Gasteiger partial charge in [0.05, 0.1) is 6.54 Å². The summed E-state index contributed by atoms with van der Waals surface area (Å²) in [6.07, 6.45) is 0. The number of hydrogen-bond donors (Lipinski definition) is 0. The topological polar surface area (TPSA) is 29.3 Å². The molecule has 0 N–H and O–H groups in total. The maximum Gasteiger partial charge on any atom is 0.298 e. The van der Waals surface area contributed by atoms with Crippen molar-refractivity contribution in [2.75, 3.05) is 18.5 Å². The van der Waals surface area contributed by atoms with Gasteiger partial charge in [0.25, 0.3) is 6.01 Å². The van der Waals surface area contributed by atoms with E-state index in [9.17, 15) is 0 Å².